The van der Waals surface area contributed by atoms with Crippen LogP contribution in [0.15, 0.2) is 0 Å². The summed E-state index contributed by atoms with van der Waals surface area (Å²) >= 11 is 0. The van der Waals surface area contributed by atoms with Gasteiger partial charge in [0.25, 0.3) is 0 Å². The van der Waals surface area contributed by atoms with Crippen molar-refractivity contribution in [1.29, 1.82) is 0 Å². The fourth-order valence-corrected chi connectivity index (χ4v) is 3.77. The number of piperidine rings is 1. The minimum absolute atomic E-state index is 0.711. The highest BCUT2D eigenvalue weighted by atomic mass is 15.3. The molecule has 0 aromatic heterocycles. The molecule has 1 N–H and O–H groups in total. The van der Waals surface area contributed by atoms with Gasteiger partial charge < -0.3 is 10.2 Å². The van der Waals surface area contributed by atoms with Crippen LogP contribution in [0.5, 0.6) is 0 Å². The third-order valence-electron chi connectivity index (χ3n) is 4.93. The lowest BCUT2D eigenvalue weighted by atomic mass is 9.94. The quantitative estimate of drug-likeness (QED) is 0.842. The Bertz CT molecular complexity index is 259. The molecule has 3 heteroatoms. The van der Waals surface area contributed by atoms with E-state index in [4.69, 9.17) is 0 Å². The van der Waals surface area contributed by atoms with Crippen molar-refractivity contribution in [2.45, 2.75) is 64.6 Å². The average Bonchev–Trinajstić information content (AvgIpc) is 2.39. The summed E-state index contributed by atoms with van der Waals surface area (Å²) in [6.45, 7) is 12.0. The summed E-state index contributed by atoms with van der Waals surface area (Å²) < 4.78 is 0. The maximum atomic E-state index is 3.78. The molecule has 2 heterocycles. The van der Waals surface area contributed by atoms with E-state index in [1.807, 2.05) is 0 Å². The molecule has 0 aliphatic carbocycles. The van der Waals surface area contributed by atoms with Gasteiger partial charge in [0.2, 0.25) is 0 Å². The lowest BCUT2D eigenvalue weighted by Gasteiger charge is -2.47. The van der Waals surface area contributed by atoms with Crippen LogP contribution in [0.4, 0.5) is 0 Å². The van der Waals surface area contributed by atoms with E-state index in [1.165, 1.54) is 51.9 Å². The van der Waals surface area contributed by atoms with Crippen LogP contribution in [0.25, 0.3) is 0 Å². The fraction of sp³-hybridized carbons (Fsp3) is 1.00. The van der Waals surface area contributed by atoms with E-state index in [0.29, 0.717) is 6.04 Å². The van der Waals surface area contributed by atoms with Gasteiger partial charge in [-0.05, 0) is 51.7 Å². The van der Waals surface area contributed by atoms with Crippen molar-refractivity contribution in [3.63, 3.8) is 0 Å². The third kappa shape index (κ3) is 4.17. The van der Waals surface area contributed by atoms with Crippen LogP contribution in [-0.2, 0) is 0 Å². The molecule has 0 aromatic carbocycles. The normalized spacial score (nSPS) is 32.1. The molecular weight excluding hydrogens is 234 g/mol. The maximum absolute atomic E-state index is 3.78. The Hall–Kier alpha value is -0.120. The first-order valence-corrected chi connectivity index (χ1v) is 8.27. The van der Waals surface area contributed by atoms with E-state index in [2.05, 4.69) is 42.9 Å². The number of nitrogens with zero attached hydrogens (tertiary/aromatic N) is 2. The zero-order valence-corrected chi connectivity index (χ0v) is 13.4. The van der Waals surface area contributed by atoms with Crippen LogP contribution < -0.4 is 5.32 Å². The molecule has 2 aliphatic heterocycles. The van der Waals surface area contributed by atoms with Crippen LogP contribution in [0, 0.1) is 5.92 Å². The molecule has 2 saturated heterocycles. The highest BCUT2D eigenvalue weighted by Crippen LogP contribution is 2.23. The van der Waals surface area contributed by atoms with Crippen molar-refractivity contribution in [1.82, 2.24) is 15.1 Å². The highest BCUT2D eigenvalue weighted by Gasteiger charge is 2.33. The molecule has 112 valence electrons. The lowest BCUT2D eigenvalue weighted by molar-refractivity contribution is 0.0419. The first-order valence-electron chi connectivity index (χ1n) is 8.27. The molecule has 2 fully saturated rings. The molecule has 0 amide bonds. The monoisotopic (exact) mass is 267 g/mol. The summed E-state index contributed by atoms with van der Waals surface area (Å²) in [5, 5.41) is 3.78. The molecule has 0 spiro atoms. The SMILES string of the molecule is CCC1CNC(CC(C)C)CN1C1CCN(C)CC1. The lowest BCUT2D eigenvalue weighted by Crippen LogP contribution is -2.60. The molecule has 2 unspecified atom stereocenters. The molecule has 2 atom stereocenters. The number of hydrogen-bond donors (Lipinski definition) is 1. The molecule has 0 aromatic rings. The maximum Gasteiger partial charge on any atom is 0.0221 e. The first-order chi connectivity index (χ1) is 9.10. The Morgan fingerprint density at radius 3 is 2.47 bits per heavy atom. The van der Waals surface area contributed by atoms with Gasteiger partial charge in [0.15, 0.2) is 0 Å². The van der Waals surface area contributed by atoms with Crippen molar-refractivity contribution in [2.24, 2.45) is 5.92 Å². The Morgan fingerprint density at radius 2 is 1.89 bits per heavy atom. The van der Waals surface area contributed by atoms with E-state index < -0.39 is 0 Å². The van der Waals surface area contributed by atoms with Crippen molar-refractivity contribution in [3.8, 4) is 0 Å². The van der Waals surface area contributed by atoms with Gasteiger partial charge in [0.05, 0.1) is 0 Å². The summed E-state index contributed by atoms with van der Waals surface area (Å²) in [6.07, 6.45) is 5.33. The molecule has 19 heavy (non-hydrogen) atoms. The van der Waals surface area contributed by atoms with Crippen molar-refractivity contribution < 1.29 is 0 Å². The van der Waals surface area contributed by atoms with Crippen LogP contribution in [0.3, 0.4) is 0 Å². The second-order valence-electron chi connectivity index (χ2n) is 7.03. The summed E-state index contributed by atoms with van der Waals surface area (Å²) in [4.78, 5) is 5.32. The standard InChI is InChI=1S/C16H33N3/c1-5-15-11-17-14(10-13(2)3)12-19(15)16-6-8-18(4)9-7-16/h13-17H,5-12H2,1-4H3. The zero-order valence-electron chi connectivity index (χ0n) is 13.4. The minimum atomic E-state index is 0.711. The van der Waals surface area contributed by atoms with E-state index in [9.17, 15) is 0 Å². The van der Waals surface area contributed by atoms with Gasteiger partial charge in [-0.3, -0.25) is 4.90 Å². The van der Waals surface area contributed by atoms with E-state index in [1.54, 1.807) is 0 Å². The van der Waals surface area contributed by atoms with Gasteiger partial charge in [-0.25, -0.2) is 0 Å². The van der Waals surface area contributed by atoms with Crippen LogP contribution in [-0.4, -0.2) is 61.2 Å². The number of likely N-dealkylation sites (tertiary alicyclic amines) is 1. The predicted molar refractivity (Wildman–Crippen MR) is 82.5 cm³/mol. The number of hydrogen-bond acceptors (Lipinski definition) is 3. The number of nitrogens with one attached hydrogen (secondary N) is 1. The Balaban J connectivity index is 1.93. The van der Waals surface area contributed by atoms with Gasteiger partial charge >= 0.3 is 0 Å². The minimum Gasteiger partial charge on any atom is -0.311 e. The highest BCUT2D eigenvalue weighted by molar-refractivity contribution is 4.91. The van der Waals surface area contributed by atoms with Gasteiger partial charge in [-0.15, -0.1) is 0 Å². The van der Waals surface area contributed by atoms with E-state index in [0.717, 1.165) is 18.0 Å². The smallest absolute Gasteiger partial charge is 0.0221 e. The van der Waals surface area contributed by atoms with Gasteiger partial charge in [-0.2, -0.15) is 0 Å². The van der Waals surface area contributed by atoms with E-state index >= 15 is 0 Å². The Morgan fingerprint density at radius 1 is 1.21 bits per heavy atom. The van der Waals surface area contributed by atoms with Crippen molar-refractivity contribution >= 4 is 0 Å². The summed E-state index contributed by atoms with van der Waals surface area (Å²) in [6, 6.07) is 2.30. The number of piperazine rings is 1. The molecule has 2 rings (SSSR count). The number of rotatable bonds is 4. The molecule has 0 saturated carbocycles. The summed E-state index contributed by atoms with van der Waals surface area (Å²) in [7, 11) is 2.26. The molecule has 3 nitrogen and oxygen atoms in total. The zero-order chi connectivity index (χ0) is 13.8. The Kier molecular flexibility index (Phi) is 5.67. The fourth-order valence-electron chi connectivity index (χ4n) is 3.77. The average molecular weight is 267 g/mol. The second-order valence-corrected chi connectivity index (χ2v) is 7.03. The van der Waals surface area contributed by atoms with Gasteiger partial charge in [-0.1, -0.05) is 20.8 Å². The summed E-state index contributed by atoms with van der Waals surface area (Å²) in [5.74, 6) is 0.801. The predicted octanol–water partition coefficient (Wildman–Crippen LogP) is 2.18. The topological polar surface area (TPSA) is 18.5 Å². The van der Waals surface area contributed by atoms with Crippen molar-refractivity contribution in [3.05, 3.63) is 0 Å². The third-order valence-corrected chi connectivity index (χ3v) is 4.93. The first kappa shape index (κ1) is 15.3. The Labute approximate surface area is 119 Å². The van der Waals surface area contributed by atoms with Crippen molar-refractivity contribution in [2.75, 3.05) is 33.2 Å². The molecule has 0 bridgehead atoms. The second kappa shape index (κ2) is 7.05. The van der Waals surface area contributed by atoms with Gasteiger partial charge in [0, 0.05) is 31.2 Å². The van der Waals surface area contributed by atoms with Crippen LogP contribution >= 0.6 is 0 Å². The largest absolute Gasteiger partial charge is 0.311 e. The van der Waals surface area contributed by atoms with E-state index in [-0.39, 0.29) is 0 Å². The molecule has 0 radical (unpaired) electrons. The molecular formula is C16H33N3. The van der Waals surface area contributed by atoms with Crippen LogP contribution in [0.1, 0.15) is 46.5 Å². The summed E-state index contributed by atoms with van der Waals surface area (Å²) in [5.41, 5.74) is 0. The van der Waals surface area contributed by atoms with Gasteiger partial charge in [0.1, 0.15) is 0 Å². The molecule has 2 aliphatic rings. The van der Waals surface area contributed by atoms with Crippen LogP contribution in [0.2, 0.25) is 0 Å².